The van der Waals surface area contributed by atoms with Crippen LogP contribution in [0.1, 0.15) is 5.56 Å². The topological polar surface area (TPSA) is 51.2 Å². The summed E-state index contributed by atoms with van der Waals surface area (Å²) in [7, 11) is 7.21. The molecule has 1 aromatic rings. The number of benzene rings is 1. The zero-order chi connectivity index (χ0) is 16.8. The molecule has 0 bridgehead atoms. The summed E-state index contributed by atoms with van der Waals surface area (Å²) in [6.07, 6.45) is 0.351. The highest BCUT2D eigenvalue weighted by atomic mass is 16.5. The Morgan fingerprint density at radius 1 is 1.30 bits per heavy atom. The molecule has 0 aliphatic carbocycles. The summed E-state index contributed by atoms with van der Waals surface area (Å²) in [6.45, 7) is 2.64. The van der Waals surface area contributed by atoms with Crippen molar-refractivity contribution in [2.75, 3.05) is 54.6 Å². The Hall–Kier alpha value is -1.79. The standard InChI is InChI=1S/C17H26N2O4/c1-18(2)11-14-12-23-8-7-19(14)17(20)10-13-5-6-15(21-3)16(9-13)22-4/h5-6,9,14H,7-8,10-12H2,1-4H3/t14-/m1/s1. The van der Waals surface area contributed by atoms with Crippen LogP contribution in [0.5, 0.6) is 11.5 Å². The first kappa shape index (κ1) is 17.6. The lowest BCUT2D eigenvalue weighted by Gasteiger charge is -2.37. The van der Waals surface area contributed by atoms with E-state index in [1.54, 1.807) is 14.2 Å². The maximum Gasteiger partial charge on any atom is 0.227 e. The SMILES string of the molecule is COc1ccc(CC(=O)N2CCOC[C@H]2CN(C)C)cc1OC. The molecule has 1 aliphatic heterocycles. The van der Waals surface area contributed by atoms with E-state index in [1.165, 1.54) is 0 Å². The van der Waals surface area contributed by atoms with E-state index in [4.69, 9.17) is 14.2 Å². The van der Waals surface area contributed by atoms with Gasteiger partial charge in [0.1, 0.15) is 0 Å². The molecule has 1 aromatic carbocycles. The monoisotopic (exact) mass is 322 g/mol. The van der Waals surface area contributed by atoms with Gasteiger partial charge in [-0.25, -0.2) is 0 Å². The average Bonchev–Trinajstić information content (AvgIpc) is 2.54. The Bertz CT molecular complexity index is 533. The second-order valence-corrected chi connectivity index (χ2v) is 5.94. The van der Waals surface area contributed by atoms with E-state index in [0.29, 0.717) is 37.7 Å². The number of carbonyl (C=O) groups is 1. The van der Waals surface area contributed by atoms with Gasteiger partial charge in [-0.05, 0) is 31.8 Å². The number of likely N-dealkylation sites (N-methyl/N-ethyl adjacent to an activating group) is 1. The predicted molar refractivity (Wildman–Crippen MR) is 88.1 cm³/mol. The Balaban J connectivity index is 2.07. The van der Waals surface area contributed by atoms with Crippen molar-refractivity contribution in [1.82, 2.24) is 9.80 Å². The van der Waals surface area contributed by atoms with E-state index in [0.717, 1.165) is 12.1 Å². The van der Waals surface area contributed by atoms with Gasteiger partial charge < -0.3 is 24.0 Å². The molecule has 6 heteroatoms. The number of hydrogen-bond acceptors (Lipinski definition) is 5. The zero-order valence-electron chi connectivity index (χ0n) is 14.4. The van der Waals surface area contributed by atoms with Crippen LogP contribution in [0.3, 0.4) is 0 Å². The number of nitrogens with zero attached hydrogens (tertiary/aromatic N) is 2. The number of rotatable bonds is 6. The number of morpholine rings is 1. The molecular formula is C17H26N2O4. The fraction of sp³-hybridized carbons (Fsp3) is 0.588. The van der Waals surface area contributed by atoms with Crippen molar-refractivity contribution in [3.05, 3.63) is 23.8 Å². The molecule has 1 saturated heterocycles. The average molecular weight is 322 g/mol. The molecule has 0 radical (unpaired) electrons. The van der Waals surface area contributed by atoms with E-state index in [-0.39, 0.29) is 11.9 Å². The van der Waals surface area contributed by atoms with Crippen LogP contribution in [0.4, 0.5) is 0 Å². The van der Waals surface area contributed by atoms with E-state index in [9.17, 15) is 4.79 Å². The van der Waals surface area contributed by atoms with Gasteiger partial charge in [-0.3, -0.25) is 4.79 Å². The van der Waals surface area contributed by atoms with E-state index in [1.807, 2.05) is 37.2 Å². The second-order valence-electron chi connectivity index (χ2n) is 5.94. The maximum atomic E-state index is 12.7. The Morgan fingerprint density at radius 2 is 2.04 bits per heavy atom. The summed E-state index contributed by atoms with van der Waals surface area (Å²) in [6, 6.07) is 5.70. The van der Waals surface area contributed by atoms with Crippen molar-refractivity contribution >= 4 is 5.91 Å². The fourth-order valence-corrected chi connectivity index (χ4v) is 2.82. The van der Waals surface area contributed by atoms with Gasteiger partial charge in [-0.2, -0.15) is 0 Å². The number of hydrogen-bond donors (Lipinski definition) is 0. The van der Waals surface area contributed by atoms with Crippen molar-refractivity contribution in [3.8, 4) is 11.5 Å². The molecule has 0 saturated carbocycles. The fourth-order valence-electron chi connectivity index (χ4n) is 2.82. The predicted octanol–water partition coefficient (Wildman–Crippen LogP) is 1.04. The van der Waals surface area contributed by atoms with Gasteiger partial charge in [0.15, 0.2) is 11.5 Å². The van der Waals surface area contributed by atoms with Gasteiger partial charge in [0.05, 0.1) is 39.9 Å². The van der Waals surface area contributed by atoms with Crippen molar-refractivity contribution in [3.63, 3.8) is 0 Å². The third kappa shape index (κ3) is 4.59. The number of carbonyl (C=O) groups excluding carboxylic acids is 1. The summed E-state index contributed by atoms with van der Waals surface area (Å²) >= 11 is 0. The van der Waals surface area contributed by atoms with Gasteiger partial charge >= 0.3 is 0 Å². The molecule has 1 heterocycles. The smallest absolute Gasteiger partial charge is 0.227 e. The van der Waals surface area contributed by atoms with Crippen molar-refractivity contribution in [2.45, 2.75) is 12.5 Å². The number of methoxy groups -OCH3 is 2. The van der Waals surface area contributed by atoms with Crippen LogP contribution in [-0.2, 0) is 16.0 Å². The van der Waals surface area contributed by atoms with E-state index in [2.05, 4.69) is 4.90 Å². The van der Waals surface area contributed by atoms with Crippen LogP contribution in [0.2, 0.25) is 0 Å². The van der Waals surface area contributed by atoms with Gasteiger partial charge in [-0.1, -0.05) is 6.07 Å². The molecule has 2 rings (SSSR count). The van der Waals surface area contributed by atoms with Crippen molar-refractivity contribution in [2.24, 2.45) is 0 Å². The molecule has 23 heavy (non-hydrogen) atoms. The molecular weight excluding hydrogens is 296 g/mol. The molecule has 1 atom stereocenters. The highest BCUT2D eigenvalue weighted by Gasteiger charge is 2.27. The number of ether oxygens (including phenoxy) is 3. The van der Waals surface area contributed by atoms with Crippen LogP contribution in [-0.4, -0.2) is 76.4 Å². The summed E-state index contributed by atoms with van der Waals surface area (Å²) in [5.74, 6) is 1.43. The summed E-state index contributed by atoms with van der Waals surface area (Å²) < 4.78 is 16.1. The third-order valence-electron chi connectivity index (χ3n) is 3.93. The minimum absolute atomic E-state index is 0.103. The lowest BCUT2D eigenvalue weighted by Crippen LogP contribution is -2.53. The summed E-state index contributed by atoms with van der Waals surface area (Å²) in [5.41, 5.74) is 0.919. The van der Waals surface area contributed by atoms with Crippen LogP contribution in [0.15, 0.2) is 18.2 Å². The molecule has 1 fully saturated rings. The largest absolute Gasteiger partial charge is 0.493 e. The van der Waals surface area contributed by atoms with Gasteiger partial charge in [0.25, 0.3) is 0 Å². The third-order valence-corrected chi connectivity index (χ3v) is 3.93. The first-order valence-corrected chi connectivity index (χ1v) is 7.78. The van der Waals surface area contributed by atoms with Gasteiger partial charge in [0.2, 0.25) is 5.91 Å². The molecule has 0 spiro atoms. The van der Waals surface area contributed by atoms with Crippen LogP contribution in [0, 0.1) is 0 Å². The highest BCUT2D eigenvalue weighted by molar-refractivity contribution is 5.79. The second kappa shape index (κ2) is 8.17. The summed E-state index contributed by atoms with van der Waals surface area (Å²) in [5, 5.41) is 0. The van der Waals surface area contributed by atoms with Crippen LogP contribution < -0.4 is 9.47 Å². The van der Waals surface area contributed by atoms with E-state index >= 15 is 0 Å². The maximum absolute atomic E-state index is 12.7. The minimum atomic E-state index is 0.103. The van der Waals surface area contributed by atoms with Gasteiger partial charge in [-0.15, -0.1) is 0 Å². The van der Waals surface area contributed by atoms with E-state index < -0.39 is 0 Å². The molecule has 128 valence electrons. The summed E-state index contributed by atoms with van der Waals surface area (Å²) in [4.78, 5) is 16.7. The highest BCUT2D eigenvalue weighted by Crippen LogP contribution is 2.28. The molecule has 1 amide bonds. The zero-order valence-corrected chi connectivity index (χ0v) is 14.4. The molecule has 6 nitrogen and oxygen atoms in total. The first-order chi connectivity index (χ1) is 11.0. The Labute approximate surface area is 137 Å². The van der Waals surface area contributed by atoms with Gasteiger partial charge in [0, 0.05) is 13.1 Å². The Morgan fingerprint density at radius 3 is 2.70 bits per heavy atom. The van der Waals surface area contributed by atoms with Crippen molar-refractivity contribution in [1.29, 1.82) is 0 Å². The lowest BCUT2D eigenvalue weighted by atomic mass is 10.1. The van der Waals surface area contributed by atoms with Crippen molar-refractivity contribution < 1.29 is 19.0 Å². The van der Waals surface area contributed by atoms with Crippen LogP contribution >= 0.6 is 0 Å². The normalized spacial score (nSPS) is 18.1. The Kier molecular flexibility index (Phi) is 6.24. The minimum Gasteiger partial charge on any atom is -0.493 e. The molecule has 0 unspecified atom stereocenters. The lowest BCUT2D eigenvalue weighted by molar-refractivity contribution is -0.139. The first-order valence-electron chi connectivity index (χ1n) is 7.78. The number of amides is 1. The molecule has 0 aromatic heterocycles. The van der Waals surface area contributed by atoms with Crippen LogP contribution in [0.25, 0.3) is 0 Å². The quantitative estimate of drug-likeness (QED) is 0.783. The molecule has 0 N–H and O–H groups in total. The molecule has 1 aliphatic rings.